The van der Waals surface area contributed by atoms with Gasteiger partial charge in [0.15, 0.2) is 0 Å². The highest BCUT2D eigenvalue weighted by Gasteiger charge is 2.43. The molecule has 3 N–H and O–H groups in total. The van der Waals surface area contributed by atoms with Crippen molar-refractivity contribution >= 4 is 18.0 Å². The number of ether oxygens (including phenoxy) is 2. The Labute approximate surface area is 232 Å². The molecular formula is C31H32N2O7. The Bertz CT molecular complexity index is 1330. The molecule has 0 saturated carbocycles. The van der Waals surface area contributed by atoms with E-state index in [0.717, 1.165) is 32.7 Å². The number of benzene rings is 3. The molecule has 1 aliphatic heterocycles. The Morgan fingerprint density at radius 1 is 0.950 bits per heavy atom. The van der Waals surface area contributed by atoms with Gasteiger partial charge in [-0.25, -0.2) is 9.59 Å². The van der Waals surface area contributed by atoms with E-state index >= 15 is 0 Å². The van der Waals surface area contributed by atoms with E-state index in [2.05, 4.69) is 5.32 Å². The molecule has 5 rings (SSSR count). The van der Waals surface area contributed by atoms with Crippen LogP contribution < -0.4 is 5.32 Å². The maximum absolute atomic E-state index is 13.6. The van der Waals surface area contributed by atoms with E-state index in [1.165, 1.54) is 0 Å². The Hall–Kier alpha value is -4.21. The number of fused-ring (bicyclic) bond motifs is 3. The highest BCUT2D eigenvalue weighted by molar-refractivity contribution is 5.90. The van der Waals surface area contributed by atoms with E-state index < -0.39 is 42.3 Å². The molecule has 208 valence electrons. The Morgan fingerprint density at radius 3 is 2.17 bits per heavy atom. The smallest absolute Gasteiger partial charge is 0.407 e. The number of aliphatic hydroxyl groups excluding tert-OH is 1. The largest absolute Gasteiger partial charge is 0.480 e. The molecule has 0 aromatic heterocycles. The van der Waals surface area contributed by atoms with Gasteiger partial charge in [-0.2, -0.15) is 0 Å². The Morgan fingerprint density at radius 2 is 1.55 bits per heavy atom. The summed E-state index contributed by atoms with van der Waals surface area (Å²) in [5, 5.41) is 22.3. The summed E-state index contributed by atoms with van der Waals surface area (Å²) in [4.78, 5) is 39.5. The summed E-state index contributed by atoms with van der Waals surface area (Å²) in [5.74, 6) is -2.04. The molecule has 3 aromatic rings. The number of β-amino-alcohol motifs (C(OH)–C–C–N with tert-alkyl or cyclic N) is 1. The molecule has 0 radical (unpaired) electrons. The molecule has 9 heteroatoms. The highest BCUT2D eigenvalue weighted by atomic mass is 16.5. The van der Waals surface area contributed by atoms with E-state index in [4.69, 9.17) is 9.47 Å². The van der Waals surface area contributed by atoms with Crippen LogP contribution in [0.2, 0.25) is 0 Å². The number of nitrogens with one attached hydrogen (secondary N) is 1. The van der Waals surface area contributed by atoms with Gasteiger partial charge in [0.05, 0.1) is 18.8 Å². The number of carboxylic acid groups (broad SMARTS) is 1. The monoisotopic (exact) mass is 544 g/mol. The van der Waals surface area contributed by atoms with E-state index in [0.29, 0.717) is 0 Å². The van der Waals surface area contributed by atoms with Crippen molar-refractivity contribution in [2.24, 2.45) is 0 Å². The average molecular weight is 545 g/mol. The summed E-state index contributed by atoms with van der Waals surface area (Å²) in [5.41, 5.74) is 5.17. The highest BCUT2D eigenvalue weighted by Crippen LogP contribution is 2.44. The Kier molecular flexibility index (Phi) is 8.14. The molecule has 40 heavy (non-hydrogen) atoms. The number of amides is 2. The lowest BCUT2D eigenvalue weighted by molar-refractivity contribution is -0.150. The molecule has 1 saturated heterocycles. The van der Waals surface area contributed by atoms with E-state index in [1.54, 1.807) is 6.92 Å². The first kappa shape index (κ1) is 27.4. The van der Waals surface area contributed by atoms with Crippen LogP contribution in [-0.2, 0) is 25.7 Å². The number of hydrogen-bond donors (Lipinski definition) is 3. The zero-order chi connectivity index (χ0) is 28.2. The van der Waals surface area contributed by atoms with Crippen molar-refractivity contribution in [3.8, 4) is 11.1 Å². The second-order valence-corrected chi connectivity index (χ2v) is 10.2. The lowest BCUT2D eigenvalue weighted by Crippen LogP contribution is -2.56. The minimum Gasteiger partial charge on any atom is -0.480 e. The number of likely N-dealkylation sites (tertiary alicyclic amines) is 1. The summed E-state index contributed by atoms with van der Waals surface area (Å²) in [6, 6.07) is 22.9. The standard InChI is InChI=1S/C31H32N2O7/c1-19(39-17-20-9-3-2-4-10-20)28(29(35)33-16-21(34)15-27(33)30(36)37)32-31(38)40-18-26-24-13-7-5-11-22(24)23-12-6-8-14-25(23)26/h2-14,19,21,26-28,34H,15-18H2,1H3,(H,32,38)(H,36,37)/t19-,21?,27-,28+/m0/s1. The van der Waals surface area contributed by atoms with Gasteiger partial charge in [-0.05, 0) is 34.7 Å². The number of aliphatic carboxylic acids is 1. The first-order valence-corrected chi connectivity index (χ1v) is 13.3. The predicted octanol–water partition coefficient (Wildman–Crippen LogP) is 3.55. The third-order valence-corrected chi connectivity index (χ3v) is 7.56. The number of hydrogen-bond acceptors (Lipinski definition) is 6. The fraction of sp³-hybridized carbons (Fsp3) is 0.323. The van der Waals surface area contributed by atoms with Crippen LogP contribution in [0.4, 0.5) is 4.79 Å². The van der Waals surface area contributed by atoms with Crippen molar-refractivity contribution in [3.05, 3.63) is 95.6 Å². The molecule has 1 fully saturated rings. The van der Waals surface area contributed by atoms with Crippen molar-refractivity contribution in [2.75, 3.05) is 13.2 Å². The fourth-order valence-electron chi connectivity index (χ4n) is 5.52. The van der Waals surface area contributed by atoms with Gasteiger partial charge in [-0.1, -0.05) is 78.9 Å². The second kappa shape index (κ2) is 11.9. The number of carboxylic acids is 1. The molecule has 2 aliphatic rings. The van der Waals surface area contributed by atoms with Crippen molar-refractivity contribution in [1.29, 1.82) is 0 Å². The number of nitrogens with zero attached hydrogens (tertiary/aromatic N) is 1. The number of rotatable bonds is 9. The fourth-order valence-corrected chi connectivity index (χ4v) is 5.52. The first-order chi connectivity index (χ1) is 19.3. The van der Waals surface area contributed by atoms with Crippen LogP contribution in [-0.4, -0.2) is 70.5 Å². The minimum absolute atomic E-state index is 0.0558. The van der Waals surface area contributed by atoms with Crippen LogP contribution in [0.15, 0.2) is 78.9 Å². The summed E-state index contributed by atoms with van der Waals surface area (Å²) >= 11 is 0. The quantitative estimate of drug-likeness (QED) is 0.376. The summed E-state index contributed by atoms with van der Waals surface area (Å²) in [7, 11) is 0. The van der Waals surface area contributed by atoms with Gasteiger partial charge in [0.2, 0.25) is 5.91 Å². The lowest BCUT2D eigenvalue weighted by Gasteiger charge is -2.30. The second-order valence-electron chi connectivity index (χ2n) is 10.2. The molecule has 1 heterocycles. The maximum Gasteiger partial charge on any atom is 0.407 e. The minimum atomic E-state index is -1.23. The molecule has 0 bridgehead atoms. The molecule has 4 atom stereocenters. The first-order valence-electron chi connectivity index (χ1n) is 13.3. The molecule has 9 nitrogen and oxygen atoms in total. The molecule has 2 amide bonds. The van der Waals surface area contributed by atoms with Gasteiger partial charge < -0.3 is 29.9 Å². The third-order valence-electron chi connectivity index (χ3n) is 7.56. The van der Waals surface area contributed by atoms with Crippen molar-refractivity contribution in [3.63, 3.8) is 0 Å². The van der Waals surface area contributed by atoms with Gasteiger partial charge in [0.1, 0.15) is 18.7 Å². The Balaban J connectivity index is 1.31. The lowest BCUT2D eigenvalue weighted by atomic mass is 9.98. The van der Waals surface area contributed by atoms with Crippen LogP contribution >= 0.6 is 0 Å². The van der Waals surface area contributed by atoms with Crippen molar-refractivity contribution in [2.45, 2.75) is 50.2 Å². The SMILES string of the molecule is C[C@H](OCc1ccccc1)[C@@H](NC(=O)OCC1c2ccccc2-c2ccccc21)C(=O)N1CC(O)C[C@H]1C(=O)O. The predicted molar refractivity (Wildman–Crippen MR) is 146 cm³/mol. The summed E-state index contributed by atoms with van der Waals surface area (Å²) in [6.45, 7) is 1.73. The van der Waals surface area contributed by atoms with E-state index in [1.807, 2.05) is 78.9 Å². The number of aliphatic hydroxyl groups is 1. The van der Waals surface area contributed by atoms with Crippen LogP contribution in [0.25, 0.3) is 11.1 Å². The topological polar surface area (TPSA) is 125 Å². The average Bonchev–Trinajstić information content (AvgIpc) is 3.52. The molecule has 1 unspecified atom stereocenters. The normalized spacial score (nSPS) is 19.4. The van der Waals surface area contributed by atoms with Gasteiger partial charge in [-0.3, -0.25) is 4.79 Å². The van der Waals surface area contributed by atoms with Gasteiger partial charge in [-0.15, -0.1) is 0 Å². The summed E-state index contributed by atoms with van der Waals surface area (Å²) < 4.78 is 11.6. The van der Waals surface area contributed by atoms with Gasteiger partial charge in [0.25, 0.3) is 0 Å². The molecular weight excluding hydrogens is 512 g/mol. The van der Waals surface area contributed by atoms with Crippen LogP contribution in [0.1, 0.15) is 36.0 Å². The maximum atomic E-state index is 13.6. The number of alkyl carbamates (subject to hydrolysis) is 1. The van der Waals surface area contributed by atoms with Crippen LogP contribution in [0.3, 0.4) is 0 Å². The van der Waals surface area contributed by atoms with E-state index in [9.17, 15) is 24.6 Å². The van der Waals surface area contributed by atoms with Gasteiger partial charge >= 0.3 is 12.1 Å². The molecule has 1 aliphatic carbocycles. The summed E-state index contributed by atoms with van der Waals surface area (Å²) in [6.07, 6.45) is -2.69. The molecule has 0 spiro atoms. The number of carbonyl (C=O) groups excluding carboxylic acids is 2. The van der Waals surface area contributed by atoms with E-state index in [-0.39, 0.29) is 32.1 Å². The molecule has 3 aromatic carbocycles. The van der Waals surface area contributed by atoms with Crippen LogP contribution in [0.5, 0.6) is 0 Å². The third kappa shape index (κ3) is 5.71. The zero-order valence-electron chi connectivity index (χ0n) is 22.1. The van der Waals surface area contributed by atoms with Crippen molar-refractivity contribution in [1.82, 2.24) is 10.2 Å². The zero-order valence-corrected chi connectivity index (χ0v) is 22.1. The van der Waals surface area contributed by atoms with Gasteiger partial charge in [0, 0.05) is 18.9 Å². The van der Waals surface area contributed by atoms with Crippen molar-refractivity contribution < 1.29 is 34.1 Å². The number of carbonyl (C=O) groups is 3. The van der Waals surface area contributed by atoms with Crippen LogP contribution in [0, 0.1) is 0 Å².